The van der Waals surface area contributed by atoms with Crippen LogP contribution in [0.2, 0.25) is 0 Å². The lowest BCUT2D eigenvalue weighted by Crippen LogP contribution is -2.07. The van der Waals surface area contributed by atoms with Gasteiger partial charge < -0.3 is 10.1 Å². The van der Waals surface area contributed by atoms with Crippen LogP contribution in [-0.4, -0.2) is 18.5 Å². The molecule has 0 radical (unpaired) electrons. The Balaban J connectivity index is 2.42. The van der Waals surface area contributed by atoms with Crippen LogP contribution in [0.25, 0.3) is 5.57 Å². The number of rotatable bonds is 2. The largest absolute Gasteiger partial charge is 0.463 e. The van der Waals surface area contributed by atoms with Crippen LogP contribution in [0.4, 0.5) is 5.69 Å². The first kappa shape index (κ1) is 11.9. The fourth-order valence-corrected chi connectivity index (χ4v) is 2.09. The zero-order valence-electron chi connectivity index (χ0n) is 9.12. The number of hydrogen-bond donors (Lipinski definition) is 1. The second-order valence-electron chi connectivity index (χ2n) is 3.43. The van der Waals surface area contributed by atoms with E-state index in [4.69, 9.17) is 4.74 Å². The van der Waals surface area contributed by atoms with Gasteiger partial charge in [0.1, 0.15) is 0 Å². The number of hydrogen-bond acceptors (Lipinski definition) is 3. The van der Waals surface area contributed by atoms with Crippen LogP contribution >= 0.6 is 15.9 Å². The van der Waals surface area contributed by atoms with E-state index in [2.05, 4.69) is 21.2 Å². The van der Waals surface area contributed by atoms with Gasteiger partial charge in [0.2, 0.25) is 0 Å². The highest BCUT2D eigenvalue weighted by atomic mass is 79.9. The number of carbonyl (C=O) groups excluding carboxylic acids is 2. The zero-order valence-corrected chi connectivity index (χ0v) is 10.7. The summed E-state index contributed by atoms with van der Waals surface area (Å²) in [5.41, 5.74) is 1.73. The van der Waals surface area contributed by atoms with Crippen LogP contribution in [0.3, 0.4) is 0 Å². The van der Waals surface area contributed by atoms with Crippen molar-refractivity contribution in [2.24, 2.45) is 0 Å². The quantitative estimate of drug-likeness (QED) is 0.673. The van der Waals surface area contributed by atoms with Gasteiger partial charge in [0.05, 0.1) is 17.9 Å². The van der Waals surface area contributed by atoms with E-state index < -0.39 is 5.97 Å². The molecule has 0 fully saturated rings. The van der Waals surface area contributed by atoms with E-state index in [0.717, 1.165) is 4.47 Å². The number of anilines is 1. The van der Waals surface area contributed by atoms with Crippen molar-refractivity contribution in [1.29, 1.82) is 0 Å². The predicted molar refractivity (Wildman–Crippen MR) is 67.4 cm³/mol. The Morgan fingerprint density at radius 3 is 3.00 bits per heavy atom. The molecular formula is C12H10BrNO3. The van der Waals surface area contributed by atoms with Gasteiger partial charge >= 0.3 is 5.97 Å². The van der Waals surface area contributed by atoms with Crippen molar-refractivity contribution in [3.05, 3.63) is 34.3 Å². The van der Waals surface area contributed by atoms with Gasteiger partial charge in [0.25, 0.3) is 5.91 Å². The molecule has 1 amide bonds. The summed E-state index contributed by atoms with van der Waals surface area (Å²) in [6.45, 7) is 2.01. The van der Waals surface area contributed by atoms with Crippen LogP contribution < -0.4 is 5.32 Å². The Kier molecular flexibility index (Phi) is 3.28. The molecule has 1 aliphatic heterocycles. The van der Waals surface area contributed by atoms with Crippen LogP contribution in [0.15, 0.2) is 28.7 Å². The van der Waals surface area contributed by atoms with Gasteiger partial charge in [0, 0.05) is 16.1 Å². The Morgan fingerprint density at radius 1 is 1.53 bits per heavy atom. The molecule has 1 aromatic rings. The molecule has 88 valence electrons. The molecule has 2 rings (SSSR count). The molecule has 0 saturated heterocycles. The second kappa shape index (κ2) is 4.71. The molecule has 4 nitrogen and oxygen atoms in total. The number of ether oxygens (including phenoxy) is 1. The molecular weight excluding hydrogens is 286 g/mol. The second-order valence-corrected chi connectivity index (χ2v) is 4.28. The number of amides is 1. The van der Waals surface area contributed by atoms with Crippen LogP contribution in [0.5, 0.6) is 0 Å². The summed E-state index contributed by atoms with van der Waals surface area (Å²) in [4.78, 5) is 23.1. The van der Waals surface area contributed by atoms with E-state index in [1.54, 1.807) is 13.0 Å². The summed E-state index contributed by atoms with van der Waals surface area (Å²) in [7, 11) is 0. The third-order valence-electron chi connectivity index (χ3n) is 2.34. The number of para-hydroxylation sites is 1. The van der Waals surface area contributed by atoms with Crippen molar-refractivity contribution in [3.8, 4) is 0 Å². The minimum Gasteiger partial charge on any atom is -0.463 e. The van der Waals surface area contributed by atoms with Crippen LogP contribution in [-0.2, 0) is 14.3 Å². The number of nitrogens with one attached hydrogen (secondary N) is 1. The average Bonchev–Trinajstić information content (AvgIpc) is 2.58. The van der Waals surface area contributed by atoms with Gasteiger partial charge in [-0.15, -0.1) is 0 Å². The molecule has 1 aromatic carbocycles. The lowest BCUT2D eigenvalue weighted by atomic mass is 10.1. The van der Waals surface area contributed by atoms with E-state index in [1.807, 2.05) is 12.1 Å². The van der Waals surface area contributed by atoms with Gasteiger partial charge in [-0.1, -0.05) is 12.1 Å². The zero-order chi connectivity index (χ0) is 12.4. The first-order valence-electron chi connectivity index (χ1n) is 5.12. The first-order valence-corrected chi connectivity index (χ1v) is 5.91. The molecule has 0 aromatic heterocycles. The standard InChI is InChI=1S/C12H10BrNO3/c1-2-17-10(15)6-8-7-4-3-5-9(13)11(7)14-12(8)16/h3-6H,2H2,1H3,(H,14,16)/b8-6-. The summed E-state index contributed by atoms with van der Waals surface area (Å²) < 4.78 is 5.58. The number of halogens is 1. The molecule has 0 unspecified atom stereocenters. The highest BCUT2D eigenvalue weighted by Crippen LogP contribution is 2.36. The minimum atomic E-state index is -0.509. The van der Waals surface area contributed by atoms with Crippen molar-refractivity contribution in [2.45, 2.75) is 6.92 Å². The third-order valence-corrected chi connectivity index (χ3v) is 3.00. The fourth-order valence-electron chi connectivity index (χ4n) is 1.62. The summed E-state index contributed by atoms with van der Waals surface area (Å²) in [6, 6.07) is 5.41. The molecule has 0 atom stereocenters. The Bertz CT molecular complexity index is 522. The highest BCUT2D eigenvalue weighted by Gasteiger charge is 2.26. The SMILES string of the molecule is CCOC(=O)/C=C1\C(=O)Nc2c(Br)cccc21. The maximum Gasteiger partial charge on any atom is 0.331 e. The minimum absolute atomic E-state index is 0.287. The maximum absolute atomic E-state index is 11.7. The van der Waals surface area contributed by atoms with Crippen molar-refractivity contribution in [1.82, 2.24) is 0 Å². The van der Waals surface area contributed by atoms with Gasteiger partial charge in [-0.3, -0.25) is 4.79 Å². The van der Waals surface area contributed by atoms with E-state index in [0.29, 0.717) is 16.8 Å². The topological polar surface area (TPSA) is 55.4 Å². The molecule has 0 spiro atoms. The number of carbonyl (C=O) groups is 2. The van der Waals surface area contributed by atoms with Crippen LogP contribution in [0.1, 0.15) is 12.5 Å². The van der Waals surface area contributed by atoms with Crippen molar-refractivity contribution in [3.63, 3.8) is 0 Å². The van der Waals surface area contributed by atoms with Crippen molar-refractivity contribution in [2.75, 3.05) is 11.9 Å². The summed E-state index contributed by atoms with van der Waals surface area (Å²) in [5, 5.41) is 2.70. The number of fused-ring (bicyclic) bond motifs is 1. The Labute approximate surface area is 107 Å². The first-order chi connectivity index (χ1) is 8.13. The average molecular weight is 296 g/mol. The van der Waals surface area contributed by atoms with Crippen molar-refractivity contribution >= 4 is 39.1 Å². The van der Waals surface area contributed by atoms with E-state index in [-0.39, 0.29) is 12.5 Å². The molecule has 1 N–H and O–H groups in total. The number of esters is 1. The van der Waals surface area contributed by atoms with E-state index >= 15 is 0 Å². The normalized spacial score (nSPS) is 15.6. The lowest BCUT2D eigenvalue weighted by Gasteiger charge is -2.00. The molecule has 0 saturated carbocycles. The molecule has 0 bridgehead atoms. The summed E-state index contributed by atoms with van der Waals surface area (Å²) in [5.74, 6) is -0.801. The molecule has 1 heterocycles. The number of benzene rings is 1. The summed E-state index contributed by atoms with van der Waals surface area (Å²) >= 11 is 3.34. The highest BCUT2D eigenvalue weighted by molar-refractivity contribution is 9.10. The monoisotopic (exact) mass is 295 g/mol. The smallest absolute Gasteiger partial charge is 0.331 e. The van der Waals surface area contributed by atoms with Gasteiger partial charge in [-0.25, -0.2) is 4.79 Å². The van der Waals surface area contributed by atoms with Gasteiger partial charge in [-0.2, -0.15) is 0 Å². The third kappa shape index (κ3) is 2.24. The molecule has 17 heavy (non-hydrogen) atoms. The Morgan fingerprint density at radius 2 is 2.29 bits per heavy atom. The maximum atomic E-state index is 11.7. The molecule has 0 aliphatic carbocycles. The van der Waals surface area contributed by atoms with Gasteiger partial charge in [-0.05, 0) is 28.9 Å². The van der Waals surface area contributed by atoms with E-state index in [9.17, 15) is 9.59 Å². The Hall–Kier alpha value is -1.62. The van der Waals surface area contributed by atoms with Gasteiger partial charge in [0.15, 0.2) is 0 Å². The lowest BCUT2D eigenvalue weighted by molar-refractivity contribution is -0.137. The molecule has 5 heteroatoms. The predicted octanol–water partition coefficient (Wildman–Crippen LogP) is 2.35. The molecule has 1 aliphatic rings. The summed E-state index contributed by atoms with van der Waals surface area (Å²) in [6.07, 6.45) is 1.22. The fraction of sp³-hybridized carbons (Fsp3) is 0.167. The van der Waals surface area contributed by atoms with Crippen LogP contribution in [0, 0.1) is 0 Å². The van der Waals surface area contributed by atoms with E-state index in [1.165, 1.54) is 6.08 Å². The van der Waals surface area contributed by atoms with Crippen molar-refractivity contribution < 1.29 is 14.3 Å².